The smallest absolute Gasteiger partial charge is 0.127 e. The van der Waals surface area contributed by atoms with Crippen LogP contribution in [0.2, 0.25) is 0 Å². The fourth-order valence-corrected chi connectivity index (χ4v) is 2.30. The van der Waals surface area contributed by atoms with Crippen molar-refractivity contribution in [2.45, 2.75) is 52.5 Å². The van der Waals surface area contributed by atoms with Crippen LogP contribution in [0, 0.1) is 0 Å². The Hall–Kier alpha value is -1.02. The van der Waals surface area contributed by atoms with Gasteiger partial charge in [0.25, 0.3) is 0 Å². The third kappa shape index (κ3) is 2.81. The average Bonchev–Trinajstić information content (AvgIpc) is 2.25. The number of hydrogen-bond donors (Lipinski definition) is 1. The van der Waals surface area contributed by atoms with Crippen molar-refractivity contribution >= 4 is 0 Å². The van der Waals surface area contributed by atoms with E-state index < -0.39 is 0 Å². The summed E-state index contributed by atoms with van der Waals surface area (Å²) in [6, 6.07) is 4.35. The lowest BCUT2D eigenvalue weighted by Crippen LogP contribution is -2.31. The van der Waals surface area contributed by atoms with E-state index >= 15 is 0 Å². The molecule has 0 aliphatic carbocycles. The summed E-state index contributed by atoms with van der Waals surface area (Å²) in [4.78, 5) is 0. The first-order chi connectivity index (χ1) is 7.82. The number of hydrogen-bond acceptors (Lipinski definition) is 2. The highest BCUT2D eigenvalue weighted by Gasteiger charge is 2.25. The predicted molar refractivity (Wildman–Crippen MR) is 73.7 cm³/mol. The molecule has 1 rings (SSSR count). The van der Waals surface area contributed by atoms with Crippen LogP contribution in [0.15, 0.2) is 12.1 Å². The second kappa shape index (κ2) is 5.09. The van der Waals surface area contributed by atoms with E-state index in [9.17, 15) is 0 Å². The maximum atomic E-state index is 6.32. The number of nitrogens with two attached hydrogens (primary N) is 1. The van der Waals surface area contributed by atoms with Crippen LogP contribution in [-0.4, -0.2) is 7.11 Å². The van der Waals surface area contributed by atoms with Crippen LogP contribution in [0.3, 0.4) is 0 Å². The Kier molecular flexibility index (Phi) is 4.21. The minimum atomic E-state index is -0.379. The lowest BCUT2D eigenvalue weighted by Gasteiger charge is -2.28. The van der Waals surface area contributed by atoms with Crippen molar-refractivity contribution in [3.05, 3.63) is 28.8 Å². The Morgan fingerprint density at radius 2 is 1.88 bits per heavy atom. The van der Waals surface area contributed by atoms with E-state index in [-0.39, 0.29) is 5.54 Å². The maximum Gasteiger partial charge on any atom is 0.127 e. The number of aryl methyl sites for hydroxylation is 1. The molecule has 0 radical (unpaired) electrons. The molecule has 17 heavy (non-hydrogen) atoms. The zero-order valence-electron chi connectivity index (χ0n) is 11.9. The quantitative estimate of drug-likeness (QED) is 0.865. The second-order valence-electron chi connectivity index (χ2n) is 5.45. The van der Waals surface area contributed by atoms with E-state index in [1.807, 2.05) is 13.8 Å². The van der Waals surface area contributed by atoms with Gasteiger partial charge in [-0.1, -0.05) is 32.9 Å². The summed E-state index contributed by atoms with van der Waals surface area (Å²) in [5.74, 6) is 1.42. The normalized spacial score (nSPS) is 12.0. The van der Waals surface area contributed by atoms with Gasteiger partial charge >= 0.3 is 0 Å². The summed E-state index contributed by atoms with van der Waals surface area (Å²) in [7, 11) is 1.73. The standard InChI is InChI=1S/C15H25NO/c1-7-11-8-9-12(10(2)3)13(14(11)17-6)15(4,5)16/h8-10H,7,16H2,1-6H3. The zero-order chi connectivity index (χ0) is 13.2. The molecule has 1 aromatic carbocycles. The first-order valence-electron chi connectivity index (χ1n) is 6.32. The fourth-order valence-electron chi connectivity index (χ4n) is 2.30. The molecule has 0 aliphatic heterocycles. The number of ether oxygens (including phenoxy) is 1. The Morgan fingerprint density at radius 1 is 1.29 bits per heavy atom. The van der Waals surface area contributed by atoms with Gasteiger partial charge in [-0.2, -0.15) is 0 Å². The first-order valence-corrected chi connectivity index (χ1v) is 6.32. The van der Waals surface area contributed by atoms with Crippen molar-refractivity contribution in [3.8, 4) is 5.75 Å². The highest BCUT2D eigenvalue weighted by Crippen LogP contribution is 2.37. The molecule has 0 heterocycles. The van der Waals surface area contributed by atoms with Crippen LogP contribution >= 0.6 is 0 Å². The van der Waals surface area contributed by atoms with E-state index in [0.29, 0.717) is 5.92 Å². The average molecular weight is 235 g/mol. The van der Waals surface area contributed by atoms with Crippen LogP contribution in [0.25, 0.3) is 0 Å². The maximum absolute atomic E-state index is 6.32. The topological polar surface area (TPSA) is 35.2 Å². The number of methoxy groups -OCH3 is 1. The highest BCUT2D eigenvalue weighted by molar-refractivity contribution is 5.51. The summed E-state index contributed by atoms with van der Waals surface area (Å²) < 4.78 is 5.60. The van der Waals surface area contributed by atoms with Gasteiger partial charge in [0.05, 0.1) is 7.11 Å². The number of benzene rings is 1. The Balaban J connectivity index is 3.56. The molecule has 2 nitrogen and oxygen atoms in total. The molecule has 0 saturated carbocycles. The molecule has 0 saturated heterocycles. The highest BCUT2D eigenvalue weighted by atomic mass is 16.5. The molecule has 0 aliphatic rings. The van der Waals surface area contributed by atoms with E-state index in [1.165, 1.54) is 11.1 Å². The minimum absolute atomic E-state index is 0.379. The van der Waals surface area contributed by atoms with Crippen molar-refractivity contribution in [3.63, 3.8) is 0 Å². The van der Waals surface area contributed by atoms with Gasteiger partial charge in [0.1, 0.15) is 5.75 Å². The fraction of sp³-hybridized carbons (Fsp3) is 0.600. The molecule has 1 aromatic rings. The van der Waals surface area contributed by atoms with Crippen molar-refractivity contribution < 1.29 is 4.74 Å². The summed E-state index contributed by atoms with van der Waals surface area (Å²) in [6.45, 7) is 10.6. The Bertz CT molecular complexity index is 389. The first kappa shape index (κ1) is 14.0. The molecule has 0 unspecified atom stereocenters. The molecule has 0 fully saturated rings. The summed E-state index contributed by atoms with van der Waals surface area (Å²) in [6.07, 6.45) is 0.963. The largest absolute Gasteiger partial charge is 0.496 e. The summed E-state index contributed by atoms with van der Waals surface area (Å²) >= 11 is 0. The van der Waals surface area contributed by atoms with Gasteiger partial charge < -0.3 is 10.5 Å². The molecule has 0 spiro atoms. The Labute approximate surface area is 105 Å². The molecule has 0 bridgehead atoms. The van der Waals surface area contributed by atoms with Crippen molar-refractivity contribution in [1.29, 1.82) is 0 Å². The lowest BCUT2D eigenvalue weighted by molar-refractivity contribution is 0.387. The van der Waals surface area contributed by atoms with Crippen LogP contribution in [0.4, 0.5) is 0 Å². The van der Waals surface area contributed by atoms with Gasteiger partial charge in [-0.25, -0.2) is 0 Å². The third-order valence-electron chi connectivity index (χ3n) is 3.12. The van der Waals surface area contributed by atoms with Crippen LogP contribution in [-0.2, 0) is 12.0 Å². The second-order valence-corrected chi connectivity index (χ2v) is 5.45. The van der Waals surface area contributed by atoms with E-state index in [4.69, 9.17) is 10.5 Å². The summed E-state index contributed by atoms with van der Waals surface area (Å²) in [5.41, 5.74) is 9.60. The molecule has 2 heteroatoms. The zero-order valence-corrected chi connectivity index (χ0v) is 11.9. The van der Waals surface area contributed by atoms with Gasteiger partial charge in [0.2, 0.25) is 0 Å². The van der Waals surface area contributed by atoms with Crippen molar-refractivity contribution in [2.24, 2.45) is 5.73 Å². The molecule has 0 amide bonds. The molecule has 96 valence electrons. The number of rotatable bonds is 4. The third-order valence-corrected chi connectivity index (χ3v) is 3.12. The van der Waals surface area contributed by atoms with Crippen LogP contribution < -0.4 is 10.5 Å². The molecular weight excluding hydrogens is 210 g/mol. The van der Waals surface area contributed by atoms with Gasteiger partial charge in [-0.3, -0.25) is 0 Å². The van der Waals surface area contributed by atoms with Gasteiger partial charge in [0.15, 0.2) is 0 Å². The van der Waals surface area contributed by atoms with Crippen molar-refractivity contribution in [2.75, 3.05) is 7.11 Å². The van der Waals surface area contributed by atoms with E-state index in [0.717, 1.165) is 17.7 Å². The molecule has 0 atom stereocenters. The molecular formula is C15H25NO. The van der Waals surface area contributed by atoms with Crippen molar-refractivity contribution in [1.82, 2.24) is 0 Å². The molecule has 0 aromatic heterocycles. The Morgan fingerprint density at radius 3 is 2.24 bits per heavy atom. The van der Waals surface area contributed by atoms with E-state index in [1.54, 1.807) is 7.11 Å². The van der Waals surface area contributed by atoms with Crippen LogP contribution in [0.5, 0.6) is 5.75 Å². The monoisotopic (exact) mass is 235 g/mol. The minimum Gasteiger partial charge on any atom is -0.496 e. The van der Waals surface area contributed by atoms with Gasteiger partial charge in [-0.15, -0.1) is 0 Å². The lowest BCUT2D eigenvalue weighted by atomic mass is 9.83. The van der Waals surface area contributed by atoms with Gasteiger partial charge in [-0.05, 0) is 37.3 Å². The van der Waals surface area contributed by atoms with Gasteiger partial charge in [0, 0.05) is 11.1 Å². The predicted octanol–water partition coefficient (Wildman–Crippen LogP) is 3.57. The SMILES string of the molecule is CCc1ccc(C(C)C)c(C(C)(C)N)c1OC. The van der Waals surface area contributed by atoms with E-state index in [2.05, 4.69) is 32.9 Å². The summed E-state index contributed by atoms with van der Waals surface area (Å²) in [5, 5.41) is 0. The van der Waals surface area contributed by atoms with Crippen LogP contribution in [0.1, 0.15) is 57.2 Å². The molecule has 2 N–H and O–H groups in total.